The van der Waals surface area contributed by atoms with Crippen LogP contribution in [0.4, 0.5) is 0 Å². The average molecular weight is 200 g/mol. The maximum atomic E-state index is 11.2. The minimum absolute atomic E-state index is 0.196. The van der Waals surface area contributed by atoms with Crippen LogP contribution >= 0.6 is 0 Å². The largest absolute Gasteiger partial charge is 0.378 e. The van der Waals surface area contributed by atoms with Crippen LogP contribution in [0.25, 0.3) is 0 Å². The molecule has 4 nitrogen and oxygen atoms in total. The summed E-state index contributed by atoms with van der Waals surface area (Å²) in [5.41, 5.74) is 0. The van der Waals surface area contributed by atoms with Crippen molar-refractivity contribution in [1.29, 1.82) is 0 Å². The van der Waals surface area contributed by atoms with Crippen LogP contribution in [-0.2, 0) is 9.53 Å². The molecule has 1 fully saturated rings. The Labute approximate surface area is 85.6 Å². The predicted octanol–water partition coefficient (Wildman–Crippen LogP) is 0.0908. The molecule has 0 spiro atoms. The van der Waals surface area contributed by atoms with Gasteiger partial charge < -0.3 is 15.0 Å². The van der Waals surface area contributed by atoms with E-state index in [1.807, 2.05) is 14.1 Å². The summed E-state index contributed by atoms with van der Waals surface area (Å²) in [7, 11) is 4.02. The Morgan fingerprint density at radius 2 is 2.14 bits per heavy atom. The molecule has 4 heteroatoms. The quantitative estimate of drug-likeness (QED) is 0.592. The number of amides is 1. The van der Waals surface area contributed by atoms with Crippen LogP contribution in [0, 0.1) is 5.92 Å². The summed E-state index contributed by atoms with van der Waals surface area (Å²) in [4.78, 5) is 13.2. The zero-order valence-electron chi connectivity index (χ0n) is 9.08. The van der Waals surface area contributed by atoms with Gasteiger partial charge in [-0.2, -0.15) is 0 Å². The van der Waals surface area contributed by atoms with E-state index >= 15 is 0 Å². The van der Waals surface area contributed by atoms with Gasteiger partial charge in [0, 0.05) is 19.0 Å². The minimum Gasteiger partial charge on any atom is -0.378 e. The highest BCUT2D eigenvalue weighted by molar-refractivity contribution is 5.80. The molecule has 0 bridgehead atoms. The highest BCUT2D eigenvalue weighted by Gasteiger charge is 2.28. The van der Waals surface area contributed by atoms with Crippen molar-refractivity contribution in [3.8, 4) is 0 Å². The Morgan fingerprint density at radius 1 is 1.43 bits per heavy atom. The molecule has 0 heterocycles. The molecule has 0 saturated heterocycles. The Bertz CT molecular complexity index is 179. The summed E-state index contributed by atoms with van der Waals surface area (Å²) in [6, 6.07) is 0. The second kappa shape index (κ2) is 5.98. The fourth-order valence-electron chi connectivity index (χ4n) is 1.09. The van der Waals surface area contributed by atoms with E-state index < -0.39 is 0 Å². The number of hydrogen-bond acceptors (Lipinski definition) is 3. The monoisotopic (exact) mass is 200 g/mol. The first-order valence-electron chi connectivity index (χ1n) is 5.20. The van der Waals surface area contributed by atoms with Gasteiger partial charge in [0.1, 0.15) is 0 Å². The topological polar surface area (TPSA) is 41.6 Å². The van der Waals surface area contributed by atoms with E-state index in [1.54, 1.807) is 0 Å². The molecule has 1 aliphatic carbocycles. The standard InChI is InChI=1S/C10H20N2O2/c1-12(2)6-8-14-7-5-11-10(13)9-3-4-9/h9H,3-8H2,1-2H3,(H,11,13). The Kier molecular flexibility index (Phi) is 4.90. The molecule has 0 atom stereocenters. The molecule has 14 heavy (non-hydrogen) atoms. The van der Waals surface area contributed by atoms with E-state index in [4.69, 9.17) is 4.74 Å². The number of nitrogens with one attached hydrogen (secondary N) is 1. The van der Waals surface area contributed by atoms with Crippen molar-refractivity contribution in [2.45, 2.75) is 12.8 Å². The molecule has 0 aromatic carbocycles. The van der Waals surface area contributed by atoms with Crippen molar-refractivity contribution in [1.82, 2.24) is 10.2 Å². The van der Waals surface area contributed by atoms with Gasteiger partial charge in [-0.15, -0.1) is 0 Å². The molecule has 1 rings (SSSR count). The van der Waals surface area contributed by atoms with Crippen LogP contribution in [0.3, 0.4) is 0 Å². The molecule has 0 unspecified atom stereocenters. The molecule has 1 N–H and O–H groups in total. The van der Waals surface area contributed by atoms with Gasteiger partial charge in [0.2, 0.25) is 5.91 Å². The summed E-state index contributed by atoms with van der Waals surface area (Å²) in [5.74, 6) is 0.498. The fourth-order valence-corrected chi connectivity index (χ4v) is 1.09. The van der Waals surface area contributed by atoms with Crippen LogP contribution in [0.2, 0.25) is 0 Å². The second-order valence-corrected chi connectivity index (χ2v) is 3.98. The fraction of sp³-hybridized carbons (Fsp3) is 0.900. The third-order valence-corrected chi connectivity index (χ3v) is 2.18. The van der Waals surface area contributed by atoms with Crippen molar-refractivity contribution in [2.24, 2.45) is 5.92 Å². The highest BCUT2D eigenvalue weighted by Crippen LogP contribution is 2.28. The van der Waals surface area contributed by atoms with E-state index in [9.17, 15) is 4.79 Å². The van der Waals surface area contributed by atoms with Crippen LogP contribution in [0.1, 0.15) is 12.8 Å². The normalized spacial score (nSPS) is 15.9. The molecule has 0 radical (unpaired) electrons. The van der Waals surface area contributed by atoms with Crippen LogP contribution in [-0.4, -0.2) is 51.2 Å². The predicted molar refractivity (Wildman–Crippen MR) is 55.1 cm³/mol. The van der Waals surface area contributed by atoms with E-state index in [1.165, 1.54) is 0 Å². The first kappa shape index (κ1) is 11.5. The molecule has 0 aromatic rings. The molecule has 82 valence electrons. The second-order valence-electron chi connectivity index (χ2n) is 3.98. The van der Waals surface area contributed by atoms with Gasteiger partial charge in [-0.1, -0.05) is 0 Å². The lowest BCUT2D eigenvalue weighted by atomic mass is 10.4. The van der Waals surface area contributed by atoms with Crippen molar-refractivity contribution in [3.05, 3.63) is 0 Å². The van der Waals surface area contributed by atoms with E-state index in [2.05, 4.69) is 10.2 Å². The number of ether oxygens (including phenoxy) is 1. The zero-order chi connectivity index (χ0) is 10.4. The molecule has 1 saturated carbocycles. The molecule has 0 aliphatic heterocycles. The van der Waals surface area contributed by atoms with E-state index in [0.717, 1.165) is 26.0 Å². The third-order valence-electron chi connectivity index (χ3n) is 2.18. The maximum absolute atomic E-state index is 11.2. The number of nitrogens with zero attached hydrogens (tertiary/aromatic N) is 1. The molecular weight excluding hydrogens is 180 g/mol. The van der Waals surface area contributed by atoms with E-state index in [0.29, 0.717) is 19.1 Å². The van der Waals surface area contributed by atoms with Crippen LogP contribution < -0.4 is 5.32 Å². The lowest BCUT2D eigenvalue weighted by molar-refractivity contribution is -0.122. The Balaban J connectivity index is 1.81. The average Bonchev–Trinajstić information content (AvgIpc) is 2.92. The van der Waals surface area contributed by atoms with Gasteiger partial charge in [0.15, 0.2) is 0 Å². The number of carbonyl (C=O) groups excluding carboxylic acids is 1. The van der Waals surface area contributed by atoms with Crippen molar-refractivity contribution >= 4 is 5.91 Å². The summed E-state index contributed by atoms with van der Waals surface area (Å²) in [6.07, 6.45) is 2.13. The summed E-state index contributed by atoms with van der Waals surface area (Å²) < 4.78 is 5.34. The van der Waals surface area contributed by atoms with E-state index in [-0.39, 0.29) is 5.91 Å². The maximum Gasteiger partial charge on any atom is 0.223 e. The van der Waals surface area contributed by atoms with Gasteiger partial charge >= 0.3 is 0 Å². The van der Waals surface area contributed by atoms with Crippen molar-refractivity contribution in [2.75, 3.05) is 40.4 Å². The van der Waals surface area contributed by atoms with Gasteiger partial charge in [-0.3, -0.25) is 4.79 Å². The Morgan fingerprint density at radius 3 is 2.71 bits per heavy atom. The molecule has 0 aromatic heterocycles. The van der Waals surface area contributed by atoms with Crippen molar-refractivity contribution < 1.29 is 9.53 Å². The highest BCUT2D eigenvalue weighted by atomic mass is 16.5. The smallest absolute Gasteiger partial charge is 0.223 e. The van der Waals surface area contributed by atoms with Gasteiger partial charge in [0.05, 0.1) is 13.2 Å². The first-order chi connectivity index (χ1) is 6.70. The summed E-state index contributed by atoms with van der Waals surface area (Å²) in [5, 5.41) is 2.86. The van der Waals surface area contributed by atoms with Gasteiger partial charge in [-0.05, 0) is 26.9 Å². The molecule has 1 aliphatic rings. The number of likely N-dealkylation sites (N-methyl/N-ethyl adjacent to an activating group) is 1. The van der Waals surface area contributed by atoms with Gasteiger partial charge in [-0.25, -0.2) is 0 Å². The van der Waals surface area contributed by atoms with Gasteiger partial charge in [0.25, 0.3) is 0 Å². The zero-order valence-corrected chi connectivity index (χ0v) is 9.08. The minimum atomic E-state index is 0.196. The lowest BCUT2D eigenvalue weighted by Gasteiger charge is -2.10. The number of rotatable bonds is 7. The lowest BCUT2D eigenvalue weighted by Crippen LogP contribution is -2.29. The van der Waals surface area contributed by atoms with Crippen LogP contribution in [0.15, 0.2) is 0 Å². The Hall–Kier alpha value is -0.610. The van der Waals surface area contributed by atoms with Crippen LogP contribution in [0.5, 0.6) is 0 Å². The molecular formula is C10H20N2O2. The summed E-state index contributed by atoms with van der Waals surface area (Å²) >= 11 is 0. The van der Waals surface area contributed by atoms with Crippen molar-refractivity contribution in [3.63, 3.8) is 0 Å². The third kappa shape index (κ3) is 5.19. The summed E-state index contributed by atoms with van der Waals surface area (Å²) in [6.45, 7) is 2.91. The number of carbonyl (C=O) groups is 1. The first-order valence-corrected chi connectivity index (χ1v) is 5.20. The SMILES string of the molecule is CN(C)CCOCCNC(=O)C1CC1. The molecule has 1 amide bonds. The number of hydrogen-bond donors (Lipinski definition) is 1.